The highest BCUT2D eigenvalue weighted by atomic mass is 16.5. The Labute approximate surface area is 179 Å². The maximum atomic E-state index is 5.99. The summed E-state index contributed by atoms with van der Waals surface area (Å²) < 4.78 is 5.99. The van der Waals surface area contributed by atoms with Gasteiger partial charge in [-0.05, 0) is 61.3 Å². The molecule has 164 valence electrons. The fourth-order valence-electron chi connectivity index (χ4n) is 6.43. The van der Waals surface area contributed by atoms with Crippen molar-refractivity contribution in [1.29, 1.82) is 0 Å². The van der Waals surface area contributed by atoms with Gasteiger partial charge in [-0.1, -0.05) is 78.1 Å². The standard InChI is InChI=1S/C26H44N2O/c1-3-4-5-6-10-16-26(17-11-7-12-18-26)24-15-9-8-14-23(24)22(2)21-29-25-27-19-13-20-28-25/h13,19-20,22-24H,3-12,14-18,21H2,1-2H3/t22?,23-,24+/m1/s1. The van der Waals surface area contributed by atoms with Crippen molar-refractivity contribution >= 4 is 0 Å². The molecule has 2 saturated carbocycles. The maximum Gasteiger partial charge on any atom is 0.316 e. The zero-order chi connectivity index (χ0) is 20.4. The molecule has 0 amide bonds. The highest BCUT2D eigenvalue weighted by molar-refractivity contribution is 4.97. The van der Waals surface area contributed by atoms with E-state index in [0.29, 0.717) is 17.3 Å². The van der Waals surface area contributed by atoms with Crippen LogP contribution in [0, 0.1) is 23.2 Å². The SMILES string of the molecule is CCCCCCCC1([C@H]2CCCC[C@@H]2C(C)COc2ncccn2)CCCCC1. The lowest BCUT2D eigenvalue weighted by atomic mass is 9.55. The molecule has 0 spiro atoms. The predicted octanol–water partition coefficient (Wildman–Crippen LogP) is 7.61. The van der Waals surface area contributed by atoms with E-state index in [9.17, 15) is 0 Å². The molecule has 29 heavy (non-hydrogen) atoms. The highest BCUT2D eigenvalue weighted by Gasteiger charge is 2.45. The lowest BCUT2D eigenvalue weighted by molar-refractivity contribution is -0.0128. The Morgan fingerprint density at radius 1 is 0.966 bits per heavy atom. The first kappa shape index (κ1) is 22.6. The topological polar surface area (TPSA) is 35.0 Å². The number of hydrogen-bond acceptors (Lipinski definition) is 3. The van der Waals surface area contributed by atoms with Crippen molar-refractivity contribution < 1.29 is 4.74 Å². The largest absolute Gasteiger partial charge is 0.463 e. The van der Waals surface area contributed by atoms with Crippen LogP contribution in [0.25, 0.3) is 0 Å². The van der Waals surface area contributed by atoms with E-state index in [0.717, 1.165) is 18.4 Å². The van der Waals surface area contributed by atoms with Gasteiger partial charge in [-0.25, -0.2) is 9.97 Å². The third-order valence-electron chi connectivity index (χ3n) is 7.98. The average molecular weight is 401 g/mol. The number of nitrogens with zero attached hydrogens (tertiary/aromatic N) is 2. The first-order valence-electron chi connectivity index (χ1n) is 12.6. The minimum absolute atomic E-state index is 0.537. The maximum absolute atomic E-state index is 5.99. The first-order valence-corrected chi connectivity index (χ1v) is 12.6. The van der Waals surface area contributed by atoms with Gasteiger partial charge in [0.15, 0.2) is 0 Å². The molecule has 1 aromatic rings. The Bertz CT molecular complexity index is 555. The van der Waals surface area contributed by atoms with Crippen molar-refractivity contribution in [3.63, 3.8) is 0 Å². The van der Waals surface area contributed by atoms with E-state index in [1.165, 1.54) is 96.3 Å². The van der Waals surface area contributed by atoms with E-state index < -0.39 is 0 Å². The van der Waals surface area contributed by atoms with E-state index in [1.807, 2.05) is 6.07 Å². The summed E-state index contributed by atoms with van der Waals surface area (Å²) in [6.45, 7) is 5.50. The van der Waals surface area contributed by atoms with Crippen LogP contribution in [0.1, 0.15) is 110 Å². The van der Waals surface area contributed by atoms with Crippen molar-refractivity contribution in [3.8, 4) is 6.01 Å². The molecule has 1 heterocycles. The molecule has 0 bridgehead atoms. The van der Waals surface area contributed by atoms with E-state index >= 15 is 0 Å². The zero-order valence-corrected chi connectivity index (χ0v) is 19.1. The quantitative estimate of drug-likeness (QED) is 0.358. The molecule has 3 nitrogen and oxygen atoms in total. The number of aromatic nitrogens is 2. The Hall–Kier alpha value is -1.12. The summed E-state index contributed by atoms with van der Waals surface area (Å²) in [5, 5.41) is 0. The Morgan fingerprint density at radius 3 is 2.45 bits per heavy atom. The van der Waals surface area contributed by atoms with E-state index in [4.69, 9.17) is 4.74 Å². The molecule has 0 aromatic carbocycles. The third-order valence-corrected chi connectivity index (χ3v) is 7.98. The molecule has 3 heteroatoms. The number of rotatable bonds is 11. The monoisotopic (exact) mass is 400 g/mol. The normalized spacial score (nSPS) is 25.4. The van der Waals surface area contributed by atoms with Gasteiger partial charge in [-0.2, -0.15) is 0 Å². The Balaban J connectivity index is 1.63. The number of hydrogen-bond donors (Lipinski definition) is 0. The molecule has 2 aliphatic rings. The van der Waals surface area contributed by atoms with Crippen molar-refractivity contribution in [2.45, 2.75) is 110 Å². The van der Waals surface area contributed by atoms with Gasteiger partial charge in [0, 0.05) is 12.4 Å². The average Bonchev–Trinajstić information content (AvgIpc) is 2.79. The van der Waals surface area contributed by atoms with Crippen LogP contribution in [0.15, 0.2) is 18.5 Å². The molecule has 1 unspecified atom stereocenters. The second kappa shape index (κ2) is 11.9. The van der Waals surface area contributed by atoms with Crippen molar-refractivity contribution in [2.24, 2.45) is 23.2 Å². The third kappa shape index (κ3) is 6.43. The Morgan fingerprint density at radius 2 is 1.69 bits per heavy atom. The zero-order valence-electron chi connectivity index (χ0n) is 19.1. The lowest BCUT2D eigenvalue weighted by Gasteiger charge is -2.51. The number of ether oxygens (including phenoxy) is 1. The molecular weight excluding hydrogens is 356 g/mol. The second-order valence-electron chi connectivity index (χ2n) is 9.96. The van der Waals surface area contributed by atoms with Crippen LogP contribution < -0.4 is 4.74 Å². The smallest absolute Gasteiger partial charge is 0.316 e. The van der Waals surface area contributed by atoms with Gasteiger partial charge in [0.2, 0.25) is 0 Å². The fraction of sp³-hybridized carbons (Fsp3) is 0.846. The van der Waals surface area contributed by atoms with E-state index in [-0.39, 0.29) is 0 Å². The lowest BCUT2D eigenvalue weighted by Crippen LogP contribution is -2.42. The molecule has 3 rings (SSSR count). The van der Waals surface area contributed by atoms with Gasteiger partial charge in [-0.3, -0.25) is 0 Å². The van der Waals surface area contributed by atoms with Gasteiger partial charge < -0.3 is 4.74 Å². The number of unbranched alkanes of at least 4 members (excludes halogenated alkanes) is 4. The van der Waals surface area contributed by atoms with E-state index in [1.54, 1.807) is 12.4 Å². The molecule has 3 atom stereocenters. The van der Waals surface area contributed by atoms with Crippen LogP contribution in [0.3, 0.4) is 0 Å². The van der Waals surface area contributed by atoms with Crippen LogP contribution >= 0.6 is 0 Å². The van der Waals surface area contributed by atoms with Crippen LogP contribution in [0.4, 0.5) is 0 Å². The molecule has 1 aromatic heterocycles. The van der Waals surface area contributed by atoms with Crippen molar-refractivity contribution in [2.75, 3.05) is 6.61 Å². The van der Waals surface area contributed by atoms with Gasteiger partial charge in [-0.15, -0.1) is 0 Å². The first-order chi connectivity index (χ1) is 14.2. The minimum Gasteiger partial charge on any atom is -0.463 e. The molecule has 2 aliphatic carbocycles. The summed E-state index contributed by atoms with van der Waals surface area (Å²) in [6.07, 6.45) is 25.1. The van der Waals surface area contributed by atoms with Gasteiger partial charge in [0.25, 0.3) is 0 Å². The van der Waals surface area contributed by atoms with Gasteiger partial charge in [0.1, 0.15) is 0 Å². The highest BCUT2D eigenvalue weighted by Crippen LogP contribution is 2.54. The van der Waals surface area contributed by atoms with Crippen molar-refractivity contribution in [1.82, 2.24) is 9.97 Å². The van der Waals surface area contributed by atoms with Gasteiger partial charge in [0.05, 0.1) is 6.61 Å². The summed E-state index contributed by atoms with van der Waals surface area (Å²) in [7, 11) is 0. The minimum atomic E-state index is 0.537. The van der Waals surface area contributed by atoms with Crippen LogP contribution in [-0.4, -0.2) is 16.6 Å². The van der Waals surface area contributed by atoms with Gasteiger partial charge >= 0.3 is 6.01 Å². The Kier molecular flexibility index (Phi) is 9.27. The summed E-state index contributed by atoms with van der Waals surface area (Å²) in [5.74, 6) is 2.29. The summed E-state index contributed by atoms with van der Waals surface area (Å²) in [5.41, 5.74) is 0.618. The van der Waals surface area contributed by atoms with Crippen LogP contribution in [-0.2, 0) is 0 Å². The summed E-state index contributed by atoms with van der Waals surface area (Å²) >= 11 is 0. The second-order valence-corrected chi connectivity index (χ2v) is 9.96. The molecule has 0 radical (unpaired) electrons. The molecule has 0 aliphatic heterocycles. The van der Waals surface area contributed by atoms with Crippen molar-refractivity contribution in [3.05, 3.63) is 18.5 Å². The van der Waals surface area contributed by atoms with E-state index in [2.05, 4.69) is 23.8 Å². The summed E-state index contributed by atoms with van der Waals surface area (Å²) in [4.78, 5) is 8.50. The molecule has 2 fully saturated rings. The molecule has 0 saturated heterocycles. The molecular formula is C26H44N2O. The fourth-order valence-corrected chi connectivity index (χ4v) is 6.43. The van der Waals surface area contributed by atoms with Crippen LogP contribution in [0.2, 0.25) is 0 Å². The summed E-state index contributed by atoms with van der Waals surface area (Å²) in [6, 6.07) is 2.39. The molecule has 0 N–H and O–H groups in total. The van der Waals surface area contributed by atoms with Crippen LogP contribution in [0.5, 0.6) is 6.01 Å². The predicted molar refractivity (Wildman–Crippen MR) is 121 cm³/mol.